The van der Waals surface area contributed by atoms with Crippen molar-refractivity contribution >= 4 is 17.2 Å². The maximum Gasteiger partial charge on any atom is 0.265 e. The topological polar surface area (TPSA) is 81.7 Å². The summed E-state index contributed by atoms with van der Waals surface area (Å²) in [5.41, 5.74) is 0. The highest BCUT2D eigenvalue weighted by atomic mass is 32.1. The Balaban J connectivity index is 1.43. The van der Waals surface area contributed by atoms with Crippen LogP contribution < -0.4 is 0 Å². The first kappa shape index (κ1) is 17.8. The zero-order valence-corrected chi connectivity index (χ0v) is 16.4. The summed E-state index contributed by atoms with van der Waals surface area (Å²) in [5.74, 6) is 2.38. The monoisotopic (exact) mass is 385 g/mol. The van der Waals surface area contributed by atoms with Gasteiger partial charge in [-0.1, -0.05) is 0 Å². The van der Waals surface area contributed by atoms with Crippen LogP contribution in [0, 0.1) is 6.92 Å². The van der Waals surface area contributed by atoms with Crippen molar-refractivity contribution < 1.29 is 4.79 Å². The second-order valence-corrected chi connectivity index (χ2v) is 7.97. The molecule has 0 spiro atoms. The predicted octanol–water partition coefficient (Wildman–Crippen LogP) is 2.33. The number of nitrogens with zero attached hydrogens (tertiary/aromatic N) is 7. The fraction of sp³-hybridized carbons (Fsp3) is 0.500. The number of aryl methyl sites for hydroxylation is 1. The maximum atomic E-state index is 12.6. The Bertz CT molecular complexity index is 906. The van der Waals surface area contributed by atoms with Gasteiger partial charge in [0.05, 0.1) is 11.2 Å². The zero-order chi connectivity index (χ0) is 18.8. The van der Waals surface area contributed by atoms with Crippen LogP contribution in [0.5, 0.6) is 0 Å². The SMILES string of the molecule is CCn1c(Cn2cccn2)nnc1C1CCN(C(=O)c2cnc(C)s2)CC1. The molecule has 0 unspecified atom stereocenters. The van der Waals surface area contributed by atoms with E-state index in [4.69, 9.17) is 0 Å². The number of piperidine rings is 1. The lowest BCUT2D eigenvalue weighted by Gasteiger charge is -2.31. The average Bonchev–Trinajstić information content (AvgIpc) is 3.43. The molecule has 0 bridgehead atoms. The number of carbonyl (C=O) groups is 1. The van der Waals surface area contributed by atoms with Crippen LogP contribution >= 0.6 is 11.3 Å². The average molecular weight is 385 g/mol. The molecule has 3 aromatic rings. The molecule has 9 heteroatoms. The number of aromatic nitrogens is 6. The van der Waals surface area contributed by atoms with Crippen molar-refractivity contribution in [3.63, 3.8) is 0 Å². The highest BCUT2D eigenvalue weighted by Crippen LogP contribution is 2.28. The molecule has 1 aliphatic heterocycles. The first-order chi connectivity index (χ1) is 13.2. The quantitative estimate of drug-likeness (QED) is 0.673. The molecule has 0 aromatic carbocycles. The number of rotatable bonds is 5. The molecule has 0 atom stereocenters. The molecule has 4 heterocycles. The van der Waals surface area contributed by atoms with Crippen LogP contribution in [0.1, 0.15) is 52.0 Å². The minimum atomic E-state index is 0.0929. The number of hydrogen-bond acceptors (Lipinski definition) is 6. The number of amides is 1. The van der Waals surface area contributed by atoms with Crippen LogP contribution in [0.2, 0.25) is 0 Å². The van der Waals surface area contributed by atoms with E-state index in [1.165, 1.54) is 11.3 Å². The molecule has 0 N–H and O–H groups in total. The van der Waals surface area contributed by atoms with Gasteiger partial charge in [-0.05, 0) is 32.8 Å². The Morgan fingerprint density at radius 2 is 2.11 bits per heavy atom. The van der Waals surface area contributed by atoms with E-state index < -0.39 is 0 Å². The second kappa shape index (κ2) is 7.59. The van der Waals surface area contributed by atoms with Crippen LogP contribution in [0.25, 0.3) is 0 Å². The van der Waals surface area contributed by atoms with Crippen molar-refractivity contribution in [2.75, 3.05) is 13.1 Å². The summed E-state index contributed by atoms with van der Waals surface area (Å²) in [7, 11) is 0. The smallest absolute Gasteiger partial charge is 0.265 e. The van der Waals surface area contributed by atoms with Crippen molar-refractivity contribution in [3.05, 3.63) is 46.2 Å². The largest absolute Gasteiger partial charge is 0.338 e. The molecule has 0 radical (unpaired) electrons. The van der Waals surface area contributed by atoms with Gasteiger partial charge >= 0.3 is 0 Å². The highest BCUT2D eigenvalue weighted by molar-refractivity contribution is 7.13. The zero-order valence-electron chi connectivity index (χ0n) is 15.6. The summed E-state index contributed by atoms with van der Waals surface area (Å²) < 4.78 is 4.05. The molecule has 4 rings (SSSR count). The minimum absolute atomic E-state index is 0.0929. The summed E-state index contributed by atoms with van der Waals surface area (Å²) >= 11 is 1.46. The van der Waals surface area contributed by atoms with Crippen LogP contribution in [0.15, 0.2) is 24.7 Å². The van der Waals surface area contributed by atoms with Gasteiger partial charge in [-0.15, -0.1) is 21.5 Å². The van der Waals surface area contributed by atoms with Gasteiger partial charge in [0.25, 0.3) is 5.91 Å². The van der Waals surface area contributed by atoms with Gasteiger partial charge < -0.3 is 9.47 Å². The summed E-state index contributed by atoms with van der Waals surface area (Å²) in [6.07, 6.45) is 7.20. The van der Waals surface area contributed by atoms with E-state index >= 15 is 0 Å². The van der Waals surface area contributed by atoms with Crippen molar-refractivity contribution in [1.82, 2.24) is 34.4 Å². The first-order valence-corrected chi connectivity index (χ1v) is 10.1. The van der Waals surface area contributed by atoms with Gasteiger partial charge in [-0.25, -0.2) is 4.98 Å². The Morgan fingerprint density at radius 1 is 1.30 bits per heavy atom. The van der Waals surface area contributed by atoms with Gasteiger partial charge in [0, 0.05) is 37.9 Å². The second-order valence-electron chi connectivity index (χ2n) is 6.73. The summed E-state index contributed by atoms with van der Waals surface area (Å²) in [5, 5.41) is 14.1. The third-order valence-corrected chi connectivity index (χ3v) is 5.91. The highest BCUT2D eigenvalue weighted by Gasteiger charge is 2.29. The molecule has 0 saturated carbocycles. The van der Waals surface area contributed by atoms with Crippen LogP contribution in [0.3, 0.4) is 0 Å². The van der Waals surface area contributed by atoms with Crippen LogP contribution in [-0.2, 0) is 13.1 Å². The van der Waals surface area contributed by atoms with Gasteiger partial charge in [0.1, 0.15) is 17.2 Å². The van der Waals surface area contributed by atoms with Gasteiger partial charge in [-0.2, -0.15) is 5.10 Å². The third-order valence-electron chi connectivity index (χ3n) is 5.01. The van der Waals surface area contributed by atoms with E-state index in [0.29, 0.717) is 12.5 Å². The van der Waals surface area contributed by atoms with Crippen molar-refractivity contribution in [2.24, 2.45) is 0 Å². The lowest BCUT2D eigenvalue weighted by Crippen LogP contribution is -2.38. The number of carbonyl (C=O) groups excluding carboxylic acids is 1. The van der Waals surface area contributed by atoms with E-state index in [-0.39, 0.29) is 5.91 Å². The lowest BCUT2D eigenvalue weighted by atomic mass is 9.95. The number of thiazole rings is 1. The fourth-order valence-corrected chi connectivity index (χ4v) is 4.35. The van der Waals surface area contributed by atoms with E-state index in [9.17, 15) is 4.79 Å². The summed E-state index contributed by atoms with van der Waals surface area (Å²) in [6, 6.07) is 1.91. The normalized spacial score (nSPS) is 15.4. The molecule has 1 amide bonds. The van der Waals surface area contributed by atoms with Crippen molar-refractivity contribution in [3.8, 4) is 0 Å². The molecule has 3 aromatic heterocycles. The van der Waals surface area contributed by atoms with Gasteiger partial charge in [0.15, 0.2) is 5.82 Å². The van der Waals surface area contributed by atoms with Gasteiger partial charge in [0.2, 0.25) is 0 Å². The first-order valence-electron chi connectivity index (χ1n) is 9.26. The molecular formula is C18H23N7OS. The van der Waals surface area contributed by atoms with E-state index in [1.807, 2.05) is 28.8 Å². The van der Waals surface area contributed by atoms with Crippen LogP contribution in [0.4, 0.5) is 0 Å². The molecule has 1 aliphatic rings. The van der Waals surface area contributed by atoms with E-state index in [0.717, 1.165) is 54.0 Å². The fourth-order valence-electron chi connectivity index (χ4n) is 3.61. The molecule has 27 heavy (non-hydrogen) atoms. The standard InChI is InChI=1S/C18H23N7OS/c1-3-25-16(12-24-8-4-7-20-24)21-22-17(25)14-5-9-23(10-6-14)18(26)15-11-19-13(2)27-15/h4,7-8,11,14H,3,5-6,9-10,12H2,1-2H3. The van der Waals surface area contributed by atoms with Gasteiger partial charge in [-0.3, -0.25) is 9.48 Å². The van der Waals surface area contributed by atoms with Crippen LogP contribution in [-0.4, -0.2) is 53.4 Å². The number of likely N-dealkylation sites (tertiary alicyclic amines) is 1. The molecular weight excluding hydrogens is 362 g/mol. The predicted molar refractivity (Wildman–Crippen MR) is 102 cm³/mol. The Morgan fingerprint density at radius 3 is 2.74 bits per heavy atom. The Labute approximate surface area is 161 Å². The van der Waals surface area contributed by atoms with E-state index in [1.54, 1.807) is 12.4 Å². The molecule has 8 nitrogen and oxygen atoms in total. The third kappa shape index (κ3) is 3.64. The Kier molecular flexibility index (Phi) is 5.02. The Hall–Kier alpha value is -2.55. The number of hydrogen-bond donors (Lipinski definition) is 0. The molecule has 1 saturated heterocycles. The van der Waals surface area contributed by atoms with E-state index in [2.05, 4.69) is 31.8 Å². The molecule has 0 aliphatic carbocycles. The van der Waals surface area contributed by atoms with Crippen molar-refractivity contribution in [1.29, 1.82) is 0 Å². The minimum Gasteiger partial charge on any atom is -0.338 e. The maximum absolute atomic E-state index is 12.6. The molecule has 142 valence electrons. The van der Waals surface area contributed by atoms with Crippen molar-refractivity contribution in [2.45, 2.75) is 45.7 Å². The summed E-state index contributed by atoms with van der Waals surface area (Å²) in [4.78, 5) is 19.5. The summed E-state index contributed by atoms with van der Waals surface area (Å²) in [6.45, 7) is 6.97. The lowest BCUT2D eigenvalue weighted by molar-refractivity contribution is 0.0715. The molecule has 1 fully saturated rings.